The molecule has 0 heterocycles. The van der Waals surface area contributed by atoms with Gasteiger partial charge in [-0.1, -0.05) is 152 Å². The van der Waals surface area contributed by atoms with E-state index in [1.165, 1.54) is 110 Å². The Labute approximate surface area is 284 Å². The molecule has 0 N–H and O–H groups in total. The highest BCUT2D eigenvalue weighted by Gasteiger charge is 2.52. The Hall–Kier alpha value is -6.24. The Balaban J connectivity index is 1.16. The van der Waals surface area contributed by atoms with Gasteiger partial charge >= 0.3 is 0 Å². The van der Waals surface area contributed by atoms with E-state index in [-0.39, 0.29) is 5.41 Å². The second kappa shape index (κ2) is 9.01. The van der Waals surface area contributed by atoms with Crippen molar-refractivity contribution in [3.63, 3.8) is 0 Å². The average molecular weight is 617 g/mol. The van der Waals surface area contributed by atoms with Crippen LogP contribution in [0.3, 0.4) is 0 Å². The molecule has 1 spiro atoms. The number of fused-ring (bicyclic) bond motifs is 17. The van der Waals surface area contributed by atoms with Crippen molar-refractivity contribution in [2.75, 3.05) is 0 Å². The lowest BCUT2D eigenvalue weighted by atomic mass is 9.70. The van der Waals surface area contributed by atoms with Gasteiger partial charge in [0.05, 0.1) is 5.41 Å². The predicted molar refractivity (Wildman–Crippen MR) is 205 cm³/mol. The molecule has 0 amide bonds. The number of benzene rings is 9. The summed E-state index contributed by atoms with van der Waals surface area (Å²) in [6.45, 7) is 0. The molecule has 0 fully saturated rings. The van der Waals surface area contributed by atoms with Crippen LogP contribution in [0, 0.1) is 0 Å². The molecule has 0 unspecified atom stereocenters. The first-order chi connectivity index (χ1) is 24.3. The molecular weight excluding hydrogens is 589 g/mol. The highest BCUT2D eigenvalue weighted by molar-refractivity contribution is 6.22. The highest BCUT2D eigenvalue weighted by atomic mass is 14.5. The summed E-state index contributed by atoms with van der Waals surface area (Å²) in [6, 6.07) is 64.1. The van der Waals surface area contributed by atoms with Gasteiger partial charge in [0.1, 0.15) is 0 Å². The van der Waals surface area contributed by atoms with Crippen LogP contribution in [0.25, 0.3) is 88.0 Å². The van der Waals surface area contributed by atoms with Crippen LogP contribution in [0.2, 0.25) is 0 Å². The van der Waals surface area contributed by atoms with Gasteiger partial charge < -0.3 is 0 Å². The van der Waals surface area contributed by atoms with Crippen molar-refractivity contribution in [1.82, 2.24) is 0 Å². The summed E-state index contributed by atoms with van der Waals surface area (Å²) in [5.41, 5.74) is 18.5. The minimum absolute atomic E-state index is 0.355. The Bertz CT molecular complexity index is 2890. The summed E-state index contributed by atoms with van der Waals surface area (Å²) >= 11 is 0. The maximum Gasteiger partial charge on any atom is 0.0725 e. The van der Waals surface area contributed by atoms with Gasteiger partial charge in [-0.15, -0.1) is 0 Å². The number of hydrogen-bond acceptors (Lipinski definition) is 0. The van der Waals surface area contributed by atoms with Crippen LogP contribution in [-0.2, 0) is 5.41 Å². The van der Waals surface area contributed by atoms with E-state index in [4.69, 9.17) is 0 Å². The summed E-state index contributed by atoms with van der Waals surface area (Å²) in [5.74, 6) is 0. The molecule has 49 heavy (non-hydrogen) atoms. The Morgan fingerprint density at radius 3 is 1.65 bits per heavy atom. The Morgan fingerprint density at radius 2 is 0.878 bits per heavy atom. The average Bonchev–Trinajstić information content (AvgIpc) is 3.77. The lowest BCUT2D eigenvalue weighted by Crippen LogP contribution is -2.25. The van der Waals surface area contributed by atoms with Crippen molar-refractivity contribution >= 4 is 32.3 Å². The van der Waals surface area contributed by atoms with Gasteiger partial charge in [0, 0.05) is 0 Å². The zero-order chi connectivity index (χ0) is 31.8. The molecule has 0 saturated carbocycles. The topological polar surface area (TPSA) is 0 Å². The molecule has 3 aliphatic carbocycles. The van der Waals surface area contributed by atoms with Crippen LogP contribution in [-0.4, -0.2) is 0 Å². The van der Waals surface area contributed by atoms with Crippen molar-refractivity contribution in [3.8, 4) is 55.6 Å². The smallest absolute Gasteiger partial charge is 0.0619 e. The molecular formula is C49H28. The standard InChI is InChI=1S/C49H28/c1-2-13-31-29(12-1)26-40(33-15-4-3-14-32(31)33)30-24-25-34-41(27-30)37-19-11-20-39-47(37)42(34)28-46-48(39)38-18-7-10-23-45(38)49(46)43-21-8-5-16-35(43)36-17-6-9-22-44(36)49/h1-28H. The van der Waals surface area contributed by atoms with E-state index in [0.29, 0.717) is 0 Å². The predicted octanol–water partition coefficient (Wildman–Crippen LogP) is 12.8. The fraction of sp³-hybridized carbons (Fsp3) is 0.0204. The summed E-state index contributed by atoms with van der Waals surface area (Å²) in [5, 5.41) is 7.91. The quantitative estimate of drug-likeness (QED) is 0.161. The summed E-state index contributed by atoms with van der Waals surface area (Å²) in [7, 11) is 0. The van der Waals surface area contributed by atoms with Crippen molar-refractivity contribution < 1.29 is 0 Å². The summed E-state index contributed by atoms with van der Waals surface area (Å²) in [4.78, 5) is 0. The molecule has 0 aliphatic heterocycles. The Kier molecular flexibility index (Phi) is 4.74. The lowest BCUT2D eigenvalue weighted by Gasteiger charge is -2.30. The third-order valence-electron chi connectivity index (χ3n) is 11.8. The monoisotopic (exact) mass is 616 g/mol. The van der Waals surface area contributed by atoms with Crippen LogP contribution in [0.15, 0.2) is 170 Å². The normalized spacial score (nSPS) is 13.9. The molecule has 0 nitrogen and oxygen atoms in total. The first-order valence-corrected chi connectivity index (χ1v) is 17.3. The minimum Gasteiger partial charge on any atom is -0.0619 e. The van der Waals surface area contributed by atoms with Crippen LogP contribution >= 0.6 is 0 Å². The molecule has 3 aliphatic rings. The largest absolute Gasteiger partial charge is 0.0725 e. The van der Waals surface area contributed by atoms with E-state index in [2.05, 4.69) is 170 Å². The van der Waals surface area contributed by atoms with Crippen LogP contribution < -0.4 is 0 Å². The van der Waals surface area contributed by atoms with Crippen LogP contribution in [0.1, 0.15) is 22.3 Å². The van der Waals surface area contributed by atoms with E-state index in [0.717, 1.165) is 0 Å². The number of rotatable bonds is 1. The van der Waals surface area contributed by atoms with Gasteiger partial charge in [-0.2, -0.15) is 0 Å². The third-order valence-corrected chi connectivity index (χ3v) is 11.8. The first-order valence-electron chi connectivity index (χ1n) is 17.3. The summed E-state index contributed by atoms with van der Waals surface area (Å²) in [6.07, 6.45) is 0. The zero-order valence-electron chi connectivity index (χ0n) is 26.7. The molecule has 0 heteroatoms. The van der Waals surface area contributed by atoms with E-state index >= 15 is 0 Å². The van der Waals surface area contributed by atoms with Crippen molar-refractivity contribution in [2.45, 2.75) is 5.41 Å². The maximum absolute atomic E-state index is 2.57. The van der Waals surface area contributed by atoms with Gasteiger partial charge in [0.25, 0.3) is 0 Å². The van der Waals surface area contributed by atoms with E-state index < -0.39 is 0 Å². The highest BCUT2D eigenvalue weighted by Crippen LogP contribution is 2.65. The van der Waals surface area contributed by atoms with E-state index in [9.17, 15) is 0 Å². The maximum atomic E-state index is 2.57. The second-order valence-electron chi connectivity index (χ2n) is 13.9. The van der Waals surface area contributed by atoms with Crippen molar-refractivity contribution in [3.05, 3.63) is 192 Å². The molecule has 0 radical (unpaired) electrons. The summed E-state index contributed by atoms with van der Waals surface area (Å²) < 4.78 is 0. The van der Waals surface area contributed by atoms with Gasteiger partial charge in [0.2, 0.25) is 0 Å². The molecule has 9 aromatic carbocycles. The Morgan fingerprint density at radius 1 is 0.286 bits per heavy atom. The molecule has 224 valence electrons. The van der Waals surface area contributed by atoms with E-state index in [1.54, 1.807) is 0 Å². The second-order valence-corrected chi connectivity index (χ2v) is 13.9. The van der Waals surface area contributed by atoms with E-state index in [1.807, 2.05) is 0 Å². The SMILES string of the molecule is c1ccc2c(c1)-c1ccccc1C21c2ccccc2-c2c1cc1c3c(cccc23)-c2cc(-c3cc4ccccc4c4ccccc34)ccc2-1. The third kappa shape index (κ3) is 3.02. The molecule has 0 aromatic heterocycles. The molecule has 0 saturated heterocycles. The minimum atomic E-state index is -0.355. The van der Waals surface area contributed by atoms with Crippen molar-refractivity contribution in [2.24, 2.45) is 0 Å². The molecule has 12 rings (SSSR count). The molecule has 0 atom stereocenters. The fourth-order valence-corrected chi connectivity index (χ4v) is 9.96. The number of hydrogen-bond donors (Lipinski definition) is 0. The van der Waals surface area contributed by atoms with Gasteiger partial charge in [-0.25, -0.2) is 0 Å². The first kappa shape index (κ1) is 25.8. The fourth-order valence-electron chi connectivity index (χ4n) is 9.96. The van der Waals surface area contributed by atoms with Gasteiger partial charge in [-0.05, 0) is 128 Å². The van der Waals surface area contributed by atoms with Crippen LogP contribution in [0.5, 0.6) is 0 Å². The van der Waals surface area contributed by atoms with Crippen molar-refractivity contribution in [1.29, 1.82) is 0 Å². The zero-order valence-corrected chi connectivity index (χ0v) is 26.7. The van der Waals surface area contributed by atoms with Crippen LogP contribution in [0.4, 0.5) is 0 Å². The van der Waals surface area contributed by atoms with Gasteiger partial charge in [-0.3, -0.25) is 0 Å². The van der Waals surface area contributed by atoms with Gasteiger partial charge in [0.15, 0.2) is 0 Å². The lowest BCUT2D eigenvalue weighted by molar-refractivity contribution is 0.795. The molecule has 0 bridgehead atoms. The molecule has 9 aromatic rings.